The van der Waals surface area contributed by atoms with Crippen LogP contribution in [0.4, 0.5) is 0 Å². The molecule has 0 aliphatic heterocycles. The van der Waals surface area contributed by atoms with Gasteiger partial charge >= 0.3 is 0 Å². The molecule has 0 heterocycles. The van der Waals surface area contributed by atoms with Crippen molar-refractivity contribution in [1.29, 1.82) is 5.26 Å². The molecule has 0 rings (SSSR count). The molecule has 0 spiro atoms. The average molecular weight is 239 g/mol. The molecule has 3 N–H and O–H groups in total. The lowest BCUT2D eigenvalue weighted by atomic mass is 9.95. The normalized spacial score (nSPS) is 12.9. The average Bonchev–Trinajstić information content (AvgIpc) is 2.32. The van der Waals surface area contributed by atoms with E-state index in [1.54, 1.807) is 0 Å². The molecule has 1 amide bonds. The van der Waals surface area contributed by atoms with Crippen molar-refractivity contribution >= 4 is 5.91 Å². The van der Waals surface area contributed by atoms with Gasteiger partial charge in [0.15, 0.2) is 0 Å². The maximum absolute atomic E-state index is 11.6. The summed E-state index contributed by atoms with van der Waals surface area (Å²) in [5.41, 5.74) is 5.02. The Morgan fingerprint density at radius 2 is 2.12 bits per heavy atom. The second-order valence-corrected chi connectivity index (χ2v) is 5.16. The fourth-order valence-corrected chi connectivity index (χ4v) is 1.57. The molecular formula is C13H25N3O. The Hall–Kier alpha value is -1.08. The summed E-state index contributed by atoms with van der Waals surface area (Å²) in [6.07, 6.45) is 3.45. The quantitative estimate of drug-likeness (QED) is 0.678. The lowest BCUT2D eigenvalue weighted by molar-refractivity contribution is -0.121. The lowest BCUT2D eigenvalue weighted by Gasteiger charge is -2.17. The molecule has 0 saturated heterocycles. The predicted octanol–water partition coefficient (Wildman–Crippen LogP) is 1.81. The van der Waals surface area contributed by atoms with Crippen LogP contribution in [0.1, 0.15) is 46.5 Å². The van der Waals surface area contributed by atoms with Gasteiger partial charge in [0.25, 0.3) is 0 Å². The van der Waals surface area contributed by atoms with Crippen LogP contribution in [0.2, 0.25) is 0 Å². The van der Waals surface area contributed by atoms with E-state index in [1.807, 2.05) is 13.8 Å². The van der Waals surface area contributed by atoms with E-state index in [1.165, 1.54) is 0 Å². The van der Waals surface area contributed by atoms with Crippen LogP contribution in [0, 0.1) is 22.7 Å². The van der Waals surface area contributed by atoms with Crippen molar-refractivity contribution in [3.63, 3.8) is 0 Å². The monoisotopic (exact) mass is 239 g/mol. The second-order valence-electron chi connectivity index (χ2n) is 5.16. The molecule has 98 valence electrons. The van der Waals surface area contributed by atoms with Crippen LogP contribution < -0.4 is 11.1 Å². The highest BCUT2D eigenvalue weighted by atomic mass is 16.1. The van der Waals surface area contributed by atoms with E-state index in [-0.39, 0.29) is 5.91 Å². The minimum atomic E-state index is -0.489. The summed E-state index contributed by atoms with van der Waals surface area (Å²) < 4.78 is 0. The van der Waals surface area contributed by atoms with Gasteiger partial charge < -0.3 is 11.1 Å². The first kappa shape index (κ1) is 15.9. The van der Waals surface area contributed by atoms with Gasteiger partial charge in [-0.1, -0.05) is 13.3 Å². The SMILES string of the molecule is CCC(CCN)CCC(=O)NCC(C)(C)C#N. The summed E-state index contributed by atoms with van der Waals surface area (Å²) in [6.45, 7) is 6.85. The van der Waals surface area contributed by atoms with Crippen LogP contribution in [0.25, 0.3) is 0 Å². The summed E-state index contributed by atoms with van der Waals surface area (Å²) in [7, 11) is 0. The minimum absolute atomic E-state index is 0.0313. The summed E-state index contributed by atoms with van der Waals surface area (Å²) in [5, 5.41) is 11.6. The molecule has 4 nitrogen and oxygen atoms in total. The first-order chi connectivity index (χ1) is 7.95. The fraction of sp³-hybridized carbons (Fsp3) is 0.846. The van der Waals surface area contributed by atoms with Gasteiger partial charge in [-0.05, 0) is 39.2 Å². The minimum Gasteiger partial charge on any atom is -0.355 e. The van der Waals surface area contributed by atoms with Crippen molar-refractivity contribution in [3.05, 3.63) is 0 Å². The molecule has 0 aliphatic rings. The van der Waals surface area contributed by atoms with E-state index in [0.29, 0.717) is 25.4 Å². The highest BCUT2D eigenvalue weighted by Crippen LogP contribution is 2.15. The van der Waals surface area contributed by atoms with Crippen LogP contribution in [0.15, 0.2) is 0 Å². The molecule has 0 saturated carbocycles. The van der Waals surface area contributed by atoms with E-state index in [4.69, 9.17) is 11.0 Å². The van der Waals surface area contributed by atoms with E-state index >= 15 is 0 Å². The van der Waals surface area contributed by atoms with Crippen molar-refractivity contribution in [2.75, 3.05) is 13.1 Å². The van der Waals surface area contributed by atoms with Crippen LogP contribution in [-0.2, 0) is 4.79 Å². The molecule has 1 unspecified atom stereocenters. The van der Waals surface area contributed by atoms with Crippen LogP contribution >= 0.6 is 0 Å². The van der Waals surface area contributed by atoms with Crippen LogP contribution in [0.3, 0.4) is 0 Å². The van der Waals surface area contributed by atoms with E-state index in [0.717, 1.165) is 19.3 Å². The maximum Gasteiger partial charge on any atom is 0.220 e. The number of nitrogens with zero attached hydrogens (tertiary/aromatic N) is 1. The molecule has 0 aromatic heterocycles. The third kappa shape index (κ3) is 7.76. The van der Waals surface area contributed by atoms with E-state index in [2.05, 4.69) is 18.3 Å². The van der Waals surface area contributed by atoms with Gasteiger partial charge in [0.1, 0.15) is 0 Å². The fourth-order valence-electron chi connectivity index (χ4n) is 1.57. The van der Waals surface area contributed by atoms with E-state index < -0.39 is 5.41 Å². The van der Waals surface area contributed by atoms with Gasteiger partial charge in [-0.2, -0.15) is 5.26 Å². The van der Waals surface area contributed by atoms with Gasteiger partial charge in [-0.15, -0.1) is 0 Å². The molecule has 1 atom stereocenters. The van der Waals surface area contributed by atoms with Crippen molar-refractivity contribution in [2.24, 2.45) is 17.1 Å². The lowest BCUT2D eigenvalue weighted by Crippen LogP contribution is -2.33. The van der Waals surface area contributed by atoms with Crippen LogP contribution in [-0.4, -0.2) is 19.0 Å². The maximum atomic E-state index is 11.6. The number of carbonyl (C=O) groups is 1. The number of amides is 1. The smallest absolute Gasteiger partial charge is 0.220 e. The number of rotatable bonds is 8. The zero-order chi connectivity index (χ0) is 13.3. The Kier molecular flexibility index (Phi) is 7.56. The molecule has 0 aromatic carbocycles. The first-order valence-electron chi connectivity index (χ1n) is 6.33. The largest absolute Gasteiger partial charge is 0.355 e. The molecule has 0 aliphatic carbocycles. The predicted molar refractivity (Wildman–Crippen MR) is 69.1 cm³/mol. The van der Waals surface area contributed by atoms with Gasteiger partial charge in [0.2, 0.25) is 5.91 Å². The van der Waals surface area contributed by atoms with Crippen molar-refractivity contribution < 1.29 is 4.79 Å². The highest BCUT2D eigenvalue weighted by Gasteiger charge is 2.17. The third-order valence-corrected chi connectivity index (χ3v) is 2.96. The van der Waals surface area contributed by atoms with Crippen molar-refractivity contribution in [1.82, 2.24) is 5.32 Å². The molecule has 17 heavy (non-hydrogen) atoms. The molecular weight excluding hydrogens is 214 g/mol. The Morgan fingerprint density at radius 3 is 2.59 bits per heavy atom. The number of hydrogen-bond acceptors (Lipinski definition) is 3. The highest BCUT2D eigenvalue weighted by molar-refractivity contribution is 5.75. The van der Waals surface area contributed by atoms with Crippen molar-refractivity contribution in [3.8, 4) is 6.07 Å². The molecule has 0 fully saturated rings. The Labute approximate surface area is 105 Å². The Morgan fingerprint density at radius 1 is 1.47 bits per heavy atom. The summed E-state index contributed by atoms with van der Waals surface area (Å²) in [6, 6.07) is 2.16. The first-order valence-corrected chi connectivity index (χ1v) is 6.33. The van der Waals surface area contributed by atoms with Crippen LogP contribution in [0.5, 0.6) is 0 Å². The van der Waals surface area contributed by atoms with Crippen molar-refractivity contribution in [2.45, 2.75) is 46.5 Å². The standard InChI is InChI=1S/C13H25N3O/c1-4-11(7-8-14)5-6-12(17)16-10-13(2,3)9-15/h11H,4-8,10,14H2,1-3H3,(H,16,17). The van der Waals surface area contributed by atoms with Gasteiger partial charge in [-0.3, -0.25) is 4.79 Å². The topological polar surface area (TPSA) is 78.9 Å². The number of nitriles is 1. The summed E-state index contributed by atoms with van der Waals surface area (Å²) in [4.78, 5) is 11.6. The number of carbonyl (C=O) groups excluding carboxylic acids is 1. The Balaban J connectivity index is 3.84. The molecule has 4 heteroatoms. The molecule has 0 radical (unpaired) electrons. The zero-order valence-corrected chi connectivity index (χ0v) is 11.3. The molecule has 0 bridgehead atoms. The number of hydrogen-bond donors (Lipinski definition) is 2. The van der Waals surface area contributed by atoms with Gasteiger partial charge in [-0.25, -0.2) is 0 Å². The summed E-state index contributed by atoms with van der Waals surface area (Å²) >= 11 is 0. The molecule has 0 aromatic rings. The van der Waals surface area contributed by atoms with E-state index in [9.17, 15) is 4.79 Å². The van der Waals surface area contributed by atoms with Gasteiger partial charge in [0.05, 0.1) is 11.5 Å². The Bertz CT molecular complexity index is 268. The van der Waals surface area contributed by atoms with Gasteiger partial charge in [0, 0.05) is 13.0 Å². The second kappa shape index (κ2) is 8.08. The number of nitrogens with one attached hydrogen (secondary N) is 1. The summed E-state index contributed by atoms with van der Waals surface area (Å²) in [5.74, 6) is 0.568. The third-order valence-electron chi connectivity index (χ3n) is 2.96. The number of nitrogens with two attached hydrogens (primary N) is 1. The zero-order valence-electron chi connectivity index (χ0n) is 11.3.